The molecule has 1 heterocycles. The maximum absolute atomic E-state index is 12.2. The SMILES string of the molecule is [N-]=[N+]=Nc1ccccc1C(=O)On1nnc2ccccc2c1=O. The van der Waals surface area contributed by atoms with Crippen LogP contribution in [0.3, 0.4) is 0 Å². The van der Waals surface area contributed by atoms with Crippen molar-refractivity contribution in [2.75, 3.05) is 0 Å². The first-order chi connectivity index (χ1) is 11.2. The molecule has 0 unspecified atom stereocenters. The smallest absolute Gasteiger partial charge is 0.309 e. The highest BCUT2D eigenvalue weighted by Crippen LogP contribution is 2.18. The zero-order valence-electron chi connectivity index (χ0n) is 11.5. The molecule has 9 heteroatoms. The average Bonchev–Trinajstić information content (AvgIpc) is 2.58. The molecule has 0 amide bonds. The van der Waals surface area contributed by atoms with Crippen molar-refractivity contribution in [2.45, 2.75) is 0 Å². The fourth-order valence-electron chi connectivity index (χ4n) is 1.94. The standard InChI is InChI=1S/C14H8N6O3/c15-18-16-12-8-4-2-6-10(12)14(22)23-20-13(21)9-5-1-3-7-11(9)17-19-20/h1-8H. The van der Waals surface area contributed by atoms with Crippen molar-refractivity contribution in [3.8, 4) is 0 Å². The average molecular weight is 308 g/mol. The molecule has 0 saturated heterocycles. The Kier molecular flexibility index (Phi) is 3.69. The molecule has 1 aromatic heterocycles. The number of hydrogen-bond acceptors (Lipinski definition) is 6. The van der Waals surface area contributed by atoms with Crippen LogP contribution in [0.5, 0.6) is 0 Å². The van der Waals surface area contributed by atoms with Gasteiger partial charge in [-0.05, 0) is 33.8 Å². The zero-order chi connectivity index (χ0) is 16.2. The Morgan fingerprint density at radius 3 is 2.74 bits per heavy atom. The summed E-state index contributed by atoms with van der Waals surface area (Å²) in [4.78, 5) is 32.4. The molecule has 0 N–H and O–H groups in total. The first kappa shape index (κ1) is 14.2. The molecule has 0 fully saturated rings. The monoisotopic (exact) mass is 308 g/mol. The molecule has 0 aliphatic carbocycles. The molecule has 3 rings (SSSR count). The lowest BCUT2D eigenvalue weighted by molar-refractivity contribution is 0.0351. The minimum Gasteiger partial charge on any atom is -0.309 e. The molecule has 0 aliphatic rings. The van der Waals surface area contributed by atoms with E-state index < -0.39 is 11.5 Å². The molecule has 0 aliphatic heterocycles. The van der Waals surface area contributed by atoms with Crippen LogP contribution in [0.15, 0.2) is 58.4 Å². The first-order valence-electron chi connectivity index (χ1n) is 6.42. The maximum Gasteiger partial charge on any atom is 0.366 e. The molecule has 112 valence electrons. The summed E-state index contributed by atoms with van der Waals surface area (Å²) in [6.07, 6.45) is 0. The van der Waals surface area contributed by atoms with Crippen LogP contribution in [0.1, 0.15) is 10.4 Å². The Balaban J connectivity index is 2.00. The highest BCUT2D eigenvalue weighted by molar-refractivity contribution is 5.95. The van der Waals surface area contributed by atoms with Gasteiger partial charge in [0.15, 0.2) is 0 Å². The van der Waals surface area contributed by atoms with Crippen LogP contribution in [0.4, 0.5) is 5.69 Å². The van der Waals surface area contributed by atoms with Crippen LogP contribution in [-0.2, 0) is 0 Å². The van der Waals surface area contributed by atoms with Gasteiger partial charge in [-0.3, -0.25) is 4.79 Å². The van der Waals surface area contributed by atoms with Crippen LogP contribution in [0.2, 0.25) is 0 Å². The van der Waals surface area contributed by atoms with Gasteiger partial charge in [-0.2, -0.15) is 0 Å². The number of nitrogens with zero attached hydrogens (tertiary/aromatic N) is 6. The lowest BCUT2D eigenvalue weighted by Crippen LogP contribution is -2.33. The highest BCUT2D eigenvalue weighted by Gasteiger charge is 2.15. The van der Waals surface area contributed by atoms with E-state index in [4.69, 9.17) is 10.4 Å². The van der Waals surface area contributed by atoms with Gasteiger partial charge in [-0.1, -0.05) is 35.4 Å². The van der Waals surface area contributed by atoms with Crippen LogP contribution < -0.4 is 10.4 Å². The van der Waals surface area contributed by atoms with E-state index in [0.29, 0.717) is 10.4 Å². The summed E-state index contributed by atoms with van der Waals surface area (Å²) in [5, 5.41) is 11.0. The minimum atomic E-state index is -0.889. The largest absolute Gasteiger partial charge is 0.366 e. The van der Waals surface area contributed by atoms with Crippen LogP contribution in [0, 0.1) is 0 Å². The molecular weight excluding hydrogens is 300 g/mol. The van der Waals surface area contributed by atoms with Gasteiger partial charge in [0.1, 0.15) is 5.52 Å². The van der Waals surface area contributed by atoms with E-state index in [1.54, 1.807) is 36.4 Å². The van der Waals surface area contributed by atoms with E-state index >= 15 is 0 Å². The zero-order valence-corrected chi connectivity index (χ0v) is 11.5. The molecule has 0 radical (unpaired) electrons. The summed E-state index contributed by atoms with van der Waals surface area (Å²) in [5.41, 5.74) is 8.37. The van der Waals surface area contributed by atoms with Gasteiger partial charge in [-0.25, -0.2) is 4.79 Å². The third-order valence-electron chi connectivity index (χ3n) is 2.99. The van der Waals surface area contributed by atoms with Gasteiger partial charge in [0, 0.05) is 4.91 Å². The summed E-state index contributed by atoms with van der Waals surface area (Å²) in [6, 6.07) is 12.6. The van der Waals surface area contributed by atoms with Gasteiger partial charge in [0.2, 0.25) is 0 Å². The maximum atomic E-state index is 12.2. The van der Waals surface area contributed by atoms with Gasteiger partial charge in [0.25, 0.3) is 0 Å². The number of rotatable bonds is 3. The Labute approximate surface area is 128 Å². The van der Waals surface area contributed by atoms with Crippen molar-refractivity contribution < 1.29 is 9.63 Å². The molecule has 0 saturated carbocycles. The Hall–Kier alpha value is -3.71. The lowest BCUT2D eigenvalue weighted by Gasteiger charge is -2.06. The molecule has 2 aromatic carbocycles. The molecule has 3 aromatic rings. The van der Waals surface area contributed by atoms with Crippen molar-refractivity contribution in [3.05, 3.63) is 74.9 Å². The molecule has 23 heavy (non-hydrogen) atoms. The predicted octanol–water partition coefficient (Wildman–Crippen LogP) is 2.00. The van der Waals surface area contributed by atoms with E-state index in [2.05, 4.69) is 20.3 Å². The Bertz CT molecular complexity index is 1010. The fourth-order valence-corrected chi connectivity index (χ4v) is 1.94. The van der Waals surface area contributed by atoms with Gasteiger partial charge in [0.05, 0.1) is 16.6 Å². The van der Waals surface area contributed by atoms with E-state index in [9.17, 15) is 9.59 Å². The van der Waals surface area contributed by atoms with E-state index in [1.165, 1.54) is 12.1 Å². The number of azide groups is 1. The summed E-state index contributed by atoms with van der Waals surface area (Å²) in [7, 11) is 0. The van der Waals surface area contributed by atoms with Gasteiger partial charge < -0.3 is 4.84 Å². The highest BCUT2D eigenvalue weighted by atomic mass is 16.7. The number of carbonyl (C=O) groups is 1. The Morgan fingerprint density at radius 1 is 1.17 bits per heavy atom. The second kappa shape index (κ2) is 5.96. The quantitative estimate of drug-likeness (QED) is 0.317. The van der Waals surface area contributed by atoms with Crippen LogP contribution >= 0.6 is 0 Å². The van der Waals surface area contributed by atoms with Crippen LogP contribution in [0.25, 0.3) is 21.3 Å². The van der Waals surface area contributed by atoms with E-state index in [-0.39, 0.29) is 16.6 Å². The number of benzene rings is 2. The molecular formula is C14H8N6O3. The number of hydrogen-bond donors (Lipinski definition) is 0. The third-order valence-corrected chi connectivity index (χ3v) is 2.99. The molecule has 0 atom stereocenters. The summed E-state index contributed by atoms with van der Waals surface area (Å²) in [6.45, 7) is 0. The van der Waals surface area contributed by atoms with Crippen LogP contribution in [-0.4, -0.2) is 21.1 Å². The van der Waals surface area contributed by atoms with Crippen molar-refractivity contribution in [1.29, 1.82) is 0 Å². The number of fused-ring (bicyclic) bond motifs is 1. The topological polar surface area (TPSA) is 123 Å². The van der Waals surface area contributed by atoms with Gasteiger partial charge >= 0.3 is 11.5 Å². The van der Waals surface area contributed by atoms with Crippen molar-refractivity contribution in [3.63, 3.8) is 0 Å². The second-order valence-corrected chi connectivity index (χ2v) is 4.37. The van der Waals surface area contributed by atoms with E-state index in [0.717, 1.165) is 0 Å². The normalized spacial score (nSPS) is 10.1. The summed E-state index contributed by atoms with van der Waals surface area (Å²) in [5.74, 6) is -0.889. The summed E-state index contributed by atoms with van der Waals surface area (Å²) >= 11 is 0. The first-order valence-corrected chi connectivity index (χ1v) is 6.42. The lowest BCUT2D eigenvalue weighted by atomic mass is 10.2. The van der Waals surface area contributed by atoms with Crippen molar-refractivity contribution in [2.24, 2.45) is 5.11 Å². The fraction of sp³-hybridized carbons (Fsp3) is 0. The molecule has 0 spiro atoms. The van der Waals surface area contributed by atoms with Crippen molar-refractivity contribution in [1.82, 2.24) is 15.2 Å². The summed E-state index contributed by atoms with van der Waals surface area (Å²) < 4.78 is 0. The third kappa shape index (κ3) is 2.71. The van der Waals surface area contributed by atoms with Crippen molar-refractivity contribution >= 4 is 22.6 Å². The van der Waals surface area contributed by atoms with Gasteiger partial charge in [-0.15, -0.1) is 5.10 Å². The molecule has 9 nitrogen and oxygen atoms in total. The van der Waals surface area contributed by atoms with E-state index in [1.807, 2.05) is 0 Å². The minimum absolute atomic E-state index is 0.00663. The molecule has 0 bridgehead atoms. The number of carbonyl (C=O) groups excluding carboxylic acids is 1. The number of aromatic nitrogens is 3. The Morgan fingerprint density at radius 2 is 1.91 bits per heavy atom. The second-order valence-electron chi connectivity index (χ2n) is 4.37. The predicted molar refractivity (Wildman–Crippen MR) is 80.0 cm³/mol.